The number of rotatable bonds is 7. The van der Waals surface area contributed by atoms with Crippen LogP contribution in [-0.2, 0) is 19.5 Å². The van der Waals surface area contributed by atoms with Gasteiger partial charge < -0.3 is 19.1 Å². The van der Waals surface area contributed by atoms with Crippen LogP contribution in [0.2, 0.25) is 0 Å². The predicted molar refractivity (Wildman–Crippen MR) is 116 cm³/mol. The second kappa shape index (κ2) is 9.47. The Bertz CT molecular complexity index is 1060. The molecule has 1 aromatic heterocycles. The summed E-state index contributed by atoms with van der Waals surface area (Å²) in [6.45, 7) is 1.16. The maximum Gasteiger partial charge on any atom is 0.410 e. The Balaban J connectivity index is 1.34. The molecule has 0 bridgehead atoms. The van der Waals surface area contributed by atoms with Gasteiger partial charge in [0.15, 0.2) is 6.10 Å². The molecular formula is C21H24N2O7S2. The minimum absolute atomic E-state index is 0.0356. The SMILES string of the molecule is COC(=O)c1sccc1S(=O)(=O)N1CCC(N2CC(COc3ccccc3)OC2=O)CC1. The van der Waals surface area contributed by atoms with Gasteiger partial charge in [0, 0.05) is 19.1 Å². The Kier molecular flexibility index (Phi) is 6.68. The minimum atomic E-state index is -3.83. The number of hydrogen-bond donors (Lipinski definition) is 0. The van der Waals surface area contributed by atoms with Gasteiger partial charge in [0.2, 0.25) is 10.0 Å². The van der Waals surface area contributed by atoms with E-state index in [0.717, 1.165) is 11.3 Å². The van der Waals surface area contributed by atoms with Crippen molar-refractivity contribution in [1.29, 1.82) is 0 Å². The Labute approximate surface area is 190 Å². The van der Waals surface area contributed by atoms with Crippen LogP contribution in [0, 0.1) is 0 Å². The van der Waals surface area contributed by atoms with E-state index in [4.69, 9.17) is 14.2 Å². The van der Waals surface area contributed by atoms with Crippen molar-refractivity contribution < 1.29 is 32.2 Å². The number of esters is 1. The topological polar surface area (TPSA) is 102 Å². The maximum absolute atomic E-state index is 13.1. The van der Waals surface area contributed by atoms with E-state index in [2.05, 4.69) is 0 Å². The number of sulfonamides is 1. The number of hydrogen-bond acceptors (Lipinski definition) is 8. The molecular weight excluding hydrogens is 456 g/mol. The van der Waals surface area contributed by atoms with Gasteiger partial charge in [-0.05, 0) is 36.4 Å². The minimum Gasteiger partial charge on any atom is -0.490 e. The van der Waals surface area contributed by atoms with Gasteiger partial charge in [-0.3, -0.25) is 0 Å². The number of ether oxygens (including phenoxy) is 3. The molecule has 172 valence electrons. The maximum atomic E-state index is 13.1. The fraction of sp³-hybridized carbons (Fsp3) is 0.429. The highest BCUT2D eigenvalue weighted by Gasteiger charge is 2.40. The van der Waals surface area contributed by atoms with Crippen LogP contribution in [0.3, 0.4) is 0 Å². The van der Waals surface area contributed by atoms with E-state index < -0.39 is 22.1 Å². The molecule has 2 fully saturated rings. The molecule has 1 atom stereocenters. The molecule has 0 saturated carbocycles. The lowest BCUT2D eigenvalue weighted by atomic mass is 10.1. The highest BCUT2D eigenvalue weighted by Crippen LogP contribution is 2.30. The number of thiophene rings is 1. The molecule has 2 aliphatic heterocycles. The van der Waals surface area contributed by atoms with Crippen molar-refractivity contribution in [3.8, 4) is 5.75 Å². The van der Waals surface area contributed by atoms with Crippen LogP contribution in [0.5, 0.6) is 5.75 Å². The lowest BCUT2D eigenvalue weighted by molar-refractivity contribution is 0.0602. The molecule has 0 N–H and O–H groups in total. The number of carbonyl (C=O) groups excluding carboxylic acids is 2. The van der Waals surface area contributed by atoms with E-state index in [1.165, 1.54) is 17.5 Å². The highest BCUT2D eigenvalue weighted by atomic mass is 32.2. The van der Waals surface area contributed by atoms with Crippen LogP contribution in [-0.4, -0.2) is 75.2 Å². The zero-order valence-electron chi connectivity index (χ0n) is 17.5. The summed E-state index contributed by atoms with van der Waals surface area (Å²) in [6, 6.07) is 10.6. The summed E-state index contributed by atoms with van der Waals surface area (Å²) in [5.74, 6) is 0.0392. The Morgan fingerprint density at radius 3 is 2.59 bits per heavy atom. The number of piperidine rings is 1. The second-order valence-electron chi connectivity index (χ2n) is 7.52. The third-order valence-electron chi connectivity index (χ3n) is 5.56. The molecule has 1 unspecified atom stereocenters. The van der Waals surface area contributed by atoms with Crippen molar-refractivity contribution in [2.45, 2.75) is 29.9 Å². The molecule has 1 aromatic carbocycles. The molecule has 4 rings (SSSR count). The second-order valence-corrected chi connectivity index (χ2v) is 10.3. The average Bonchev–Trinajstić information content (AvgIpc) is 3.45. The number of cyclic esters (lactones) is 1. The zero-order valence-corrected chi connectivity index (χ0v) is 19.1. The summed E-state index contributed by atoms with van der Waals surface area (Å²) >= 11 is 1.04. The van der Waals surface area contributed by atoms with E-state index in [-0.39, 0.29) is 41.6 Å². The summed E-state index contributed by atoms with van der Waals surface area (Å²) in [7, 11) is -2.61. The zero-order chi connectivity index (χ0) is 22.7. The van der Waals surface area contributed by atoms with E-state index >= 15 is 0 Å². The van der Waals surface area contributed by atoms with Gasteiger partial charge in [0.05, 0.1) is 13.7 Å². The van der Waals surface area contributed by atoms with E-state index in [0.29, 0.717) is 25.1 Å². The molecule has 0 radical (unpaired) electrons. The van der Waals surface area contributed by atoms with Crippen molar-refractivity contribution >= 4 is 33.4 Å². The van der Waals surface area contributed by atoms with Crippen molar-refractivity contribution in [3.05, 3.63) is 46.7 Å². The molecule has 11 heteroatoms. The number of benzene rings is 1. The summed E-state index contributed by atoms with van der Waals surface area (Å²) in [5.41, 5.74) is 0. The third kappa shape index (κ3) is 4.59. The first-order valence-electron chi connectivity index (χ1n) is 10.2. The van der Waals surface area contributed by atoms with E-state index in [9.17, 15) is 18.0 Å². The molecule has 1 amide bonds. The van der Waals surface area contributed by atoms with Crippen LogP contribution >= 0.6 is 11.3 Å². The monoisotopic (exact) mass is 480 g/mol. The summed E-state index contributed by atoms with van der Waals surface area (Å²) in [6.07, 6.45) is 0.188. The van der Waals surface area contributed by atoms with Crippen molar-refractivity contribution in [3.63, 3.8) is 0 Å². The smallest absolute Gasteiger partial charge is 0.410 e. The quantitative estimate of drug-likeness (QED) is 0.561. The number of nitrogens with zero attached hydrogens (tertiary/aromatic N) is 2. The summed E-state index contributed by atoms with van der Waals surface area (Å²) < 4.78 is 43.3. The van der Waals surface area contributed by atoms with E-state index in [1.807, 2.05) is 30.3 Å². The molecule has 0 spiro atoms. The molecule has 2 saturated heterocycles. The number of carbonyl (C=O) groups is 2. The van der Waals surface area contributed by atoms with Crippen LogP contribution in [0.25, 0.3) is 0 Å². The fourth-order valence-electron chi connectivity index (χ4n) is 3.91. The van der Waals surface area contributed by atoms with Gasteiger partial charge in [0.1, 0.15) is 22.1 Å². The van der Waals surface area contributed by atoms with Gasteiger partial charge in [0.25, 0.3) is 0 Å². The average molecular weight is 481 g/mol. The number of amides is 1. The lowest BCUT2D eigenvalue weighted by Crippen LogP contribution is -2.47. The highest BCUT2D eigenvalue weighted by molar-refractivity contribution is 7.89. The Morgan fingerprint density at radius 1 is 1.19 bits per heavy atom. The lowest BCUT2D eigenvalue weighted by Gasteiger charge is -2.34. The van der Waals surface area contributed by atoms with Gasteiger partial charge in [-0.15, -0.1) is 11.3 Å². The van der Waals surface area contributed by atoms with Crippen LogP contribution < -0.4 is 4.74 Å². The first kappa shape index (κ1) is 22.6. The van der Waals surface area contributed by atoms with Gasteiger partial charge >= 0.3 is 12.1 Å². The first-order valence-corrected chi connectivity index (χ1v) is 12.5. The predicted octanol–water partition coefficient (Wildman–Crippen LogP) is 2.59. The van der Waals surface area contributed by atoms with Gasteiger partial charge in [-0.25, -0.2) is 18.0 Å². The molecule has 2 aliphatic rings. The first-order chi connectivity index (χ1) is 15.4. The molecule has 0 aliphatic carbocycles. The third-order valence-corrected chi connectivity index (χ3v) is 8.53. The van der Waals surface area contributed by atoms with Crippen molar-refractivity contribution in [1.82, 2.24) is 9.21 Å². The fourth-order valence-corrected chi connectivity index (χ4v) is 6.69. The molecule has 9 nitrogen and oxygen atoms in total. The summed E-state index contributed by atoms with van der Waals surface area (Å²) in [5, 5.41) is 1.56. The van der Waals surface area contributed by atoms with Gasteiger partial charge in [-0.1, -0.05) is 18.2 Å². The van der Waals surface area contributed by atoms with Crippen molar-refractivity contribution in [2.24, 2.45) is 0 Å². The number of para-hydroxylation sites is 1. The van der Waals surface area contributed by atoms with E-state index in [1.54, 1.807) is 10.3 Å². The Morgan fingerprint density at radius 2 is 1.91 bits per heavy atom. The summed E-state index contributed by atoms with van der Waals surface area (Å²) in [4.78, 5) is 26.0. The van der Waals surface area contributed by atoms with Gasteiger partial charge in [-0.2, -0.15) is 4.31 Å². The normalized spacial score (nSPS) is 20.2. The van der Waals surface area contributed by atoms with Crippen LogP contribution in [0.15, 0.2) is 46.7 Å². The van der Waals surface area contributed by atoms with Crippen molar-refractivity contribution in [2.75, 3.05) is 33.4 Å². The largest absolute Gasteiger partial charge is 0.490 e. The number of methoxy groups -OCH3 is 1. The molecule has 3 heterocycles. The van der Waals surface area contributed by atoms with Crippen LogP contribution in [0.4, 0.5) is 4.79 Å². The molecule has 2 aromatic rings. The standard InChI is InChI=1S/C21H24N2O7S2/c1-28-20(24)19-18(9-12-31-19)32(26,27)22-10-7-15(8-11-22)23-13-17(30-21(23)25)14-29-16-5-3-2-4-6-16/h2-6,9,12,15,17H,7-8,10-11,13-14H2,1H3. The van der Waals surface area contributed by atoms with Crippen LogP contribution in [0.1, 0.15) is 22.5 Å². The molecule has 32 heavy (non-hydrogen) atoms. The Hall–Kier alpha value is -2.63.